The molecule has 56 heavy (non-hydrogen) atoms. The highest BCUT2D eigenvalue weighted by Crippen LogP contribution is 2.57. The molecule has 8 aromatic carbocycles. The van der Waals surface area contributed by atoms with E-state index in [0.717, 1.165) is 44.5 Å². The Morgan fingerprint density at radius 1 is 0.304 bits per heavy atom. The normalized spacial score (nSPS) is 11.6. The molecule has 1 aliphatic carbocycles. The van der Waals surface area contributed by atoms with Gasteiger partial charge in [-0.2, -0.15) is 0 Å². The average molecular weight is 711 g/mol. The Morgan fingerprint density at radius 3 is 1.55 bits per heavy atom. The van der Waals surface area contributed by atoms with Crippen LogP contribution in [0.15, 0.2) is 206 Å². The van der Waals surface area contributed by atoms with Crippen molar-refractivity contribution in [3.05, 3.63) is 206 Å². The first-order valence-electron chi connectivity index (χ1n) is 19.2. The summed E-state index contributed by atoms with van der Waals surface area (Å²) in [6.45, 7) is 0. The van der Waals surface area contributed by atoms with Crippen molar-refractivity contribution in [3.8, 4) is 89.3 Å². The molecule has 0 unspecified atom stereocenters. The summed E-state index contributed by atoms with van der Waals surface area (Å²) in [5.41, 5.74) is 19.9. The molecule has 10 aromatic rings. The third kappa shape index (κ3) is 5.26. The first kappa shape index (κ1) is 32.0. The third-order valence-electron chi connectivity index (χ3n) is 11.3. The highest BCUT2D eigenvalue weighted by atomic mass is 14.8. The minimum absolute atomic E-state index is 0.864. The molecule has 0 N–H and O–H groups in total. The highest BCUT2D eigenvalue weighted by Gasteiger charge is 2.30. The SMILES string of the molecule is c1ccc(-c2cc(-c3ccc(-c4ccc5nc(-c6ccccn6)cc(-c6ccccc6)c5c4)cc3)c(-c3ccccc3)c3c2-c2cccc4cccc-3c24)cc1. The maximum atomic E-state index is 5.09. The highest BCUT2D eigenvalue weighted by molar-refractivity contribution is 6.22. The molecule has 2 heterocycles. The van der Waals surface area contributed by atoms with Crippen molar-refractivity contribution in [1.29, 1.82) is 0 Å². The van der Waals surface area contributed by atoms with Crippen molar-refractivity contribution in [2.24, 2.45) is 0 Å². The molecular formula is C54H34N2. The molecule has 0 saturated heterocycles. The van der Waals surface area contributed by atoms with Gasteiger partial charge in [-0.15, -0.1) is 0 Å². The van der Waals surface area contributed by atoms with E-state index in [1.165, 1.54) is 66.4 Å². The van der Waals surface area contributed by atoms with Crippen LogP contribution < -0.4 is 0 Å². The molecule has 0 atom stereocenters. The molecule has 0 radical (unpaired) electrons. The molecule has 2 heteroatoms. The van der Waals surface area contributed by atoms with E-state index >= 15 is 0 Å². The molecule has 2 aromatic heterocycles. The van der Waals surface area contributed by atoms with E-state index in [2.05, 4.69) is 187 Å². The zero-order valence-corrected chi connectivity index (χ0v) is 30.5. The van der Waals surface area contributed by atoms with E-state index in [4.69, 9.17) is 4.98 Å². The Morgan fingerprint density at radius 2 is 0.875 bits per heavy atom. The van der Waals surface area contributed by atoms with E-state index in [-0.39, 0.29) is 0 Å². The quantitative estimate of drug-likeness (QED) is 0.172. The molecule has 2 nitrogen and oxygen atoms in total. The van der Waals surface area contributed by atoms with Gasteiger partial charge in [0.25, 0.3) is 0 Å². The lowest BCUT2D eigenvalue weighted by Gasteiger charge is -2.21. The van der Waals surface area contributed by atoms with E-state index in [0.29, 0.717) is 0 Å². The van der Waals surface area contributed by atoms with Gasteiger partial charge in [0.05, 0.1) is 16.9 Å². The number of fused-ring (bicyclic) bond motifs is 4. The van der Waals surface area contributed by atoms with E-state index < -0.39 is 0 Å². The number of hydrogen-bond donors (Lipinski definition) is 0. The summed E-state index contributed by atoms with van der Waals surface area (Å²) in [4.78, 5) is 9.70. The second-order valence-corrected chi connectivity index (χ2v) is 14.5. The van der Waals surface area contributed by atoms with Crippen LogP contribution in [0, 0.1) is 0 Å². The fourth-order valence-electron chi connectivity index (χ4n) is 8.72. The molecule has 260 valence electrons. The standard InChI is InChI=1S/C54H34N2/c1-4-14-36(15-5-1)44-34-50(49-24-10-11-31-55-49)56-48-30-29-41(32-47(44)48)35-25-27-38(28-26-35)45-33-46(37-16-6-2-7-17-37)53-42-22-12-20-39-21-13-23-43(51(39)42)54(53)52(45)40-18-8-3-9-19-40/h1-34H. The molecule has 0 spiro atoms. The second kappa shape index (κ2) is 13.2. The Labute approximate surface area is 326 Å². The fraction of sp³-hybridized carbons (Fsp3) is 0. The van der Waals surface area contributed by atoms with Crippen molar-refractivity contribution >= 4 is 21.7 Å². The predicted octanol–water partition coefficient (Wildman–Crippen LogP) is 14.4. The maximum Gasteiger partial charge on any atom is 0.0900 e. The van der Waals surface area contributed by atoms with Gasteiger partial charge in [0.15, 0.2) is 0 Å². The van der Waals surface area contributed by atoms with Crippen LogP contribution in [-0.2, 0) is 0 Å². The van der Waals surface area contributed by atoms with Gasteiger partial charge in [0.2, 0.25) is 0 Å². The van der Waals surface area contributed by atoms with Gasteiger partial charge in [-0.05, 0) is 125 Å². The first-order chi connectivity index (χ1) is 27.8. The summed E-state index contributed by atoms with van der Waals surface area (Å²) in [6.07, 6.45) is 1.82. The fourth-order valence-corrected chi connectivity index (χ4v) is 8.72. The average Bonchev–Trinajstić information content (AvgIpc) is 3.62. The van der Waals surface area contributed by atoms with Crippen LogP contribution in [0.5, 0.6) is 0 Å². The second-order valence-electron chi connectivity index (χ2n) is 14.5. The van der Waals surface area contributed by atoms with Crippen molar-refractivity contribution < 1.29 is 0 Å². The lowest BCUT2D eigenvalue weighted by Crippen LogP contribution is -1.94. The van der Waals surface area contributed by atoms with Crippen molar-refractivity contribution in [1.82, 2.24) is 9.97 Å². The number of benzene rings is 8. The van der Waals surface area contributed by atoms with Crippen LogP contribution in [0.4, 0.5) is 0 Å². The molecule has 1 aliphatic rings. The summed E-state index contributed by atoms with van der Waals surface area (Å²) in [5, 5.41) is 3.72. The van der Waals surface area contributed by atoms with Gasteiger partial charge in [-0.1, -0.05) is 164 Å². The zero-order chi connectivity index (χ0) is 37.0. The summed E-state index contributed by atoms with van der Waals surface area (Å²) in [5.74, 6) is 0. The summed E-state index contributed by atoms with van der Waals surface area (Å²) in [6, 6.07) is 72.2. The molecule has 11 rings (SSSR count). The zero-order valence-electron chi connectivity index (χ0n) is 30.5. The topological polar surface area (TPSA) is 25.8 Å². The van der Waals surface area contributed by atoms with Crippen molar-refractivity contribution in [2.45, 2.75) is 0 Å². The van der Waals surface area contributed by atoms with E-state index in [1.54, 1.807) is 0 Å². The Balaban J connectivity index is 1.10. The Kier molecular flexibility index (Phi) is 7.53. The summed E-state index contributed by atoms with van der Waals surface area (Å²) >= 11 is 0. The first-order valence-corrected chi connectivity index (χ1v) is 19.2. The van der Waals surface area contributed by atoms with Crippen molar-refractivity contribution in [2.75, 3.05) is 0 Å². The lowest BCUT2D eigenvalue weighted by molar-refractivity contribution is 1.28. The molecule has 0 bridgehead atoms. The van der Waals surface area contributed by atoms with Crippen LogP contribution in [0.25, 0.3) is 111 Å². The largest absolute Gasteiger partial charge is 0.255 e. The van der Waals surface area contributed by atoms with Crippen molar-refractivity contribution in [3.63, 3.8) is 0 Å². The predicted molar refractivity (Wildman–Crippen MR) is 234 cm³/mol. The molecule has 0 fully saturated rings. The maximum absolute atomic E-state index is 5.09. The number of hydrogen-bond acceptors (Lipinski definition) is 2. The van der Waals surface area contributed by atoms with Crippen LogP contribution in [0.3, 0.4) is 0 Å². The van der Waals surface area contributed by atoms with Gasteiger partial charge in [-0.3, -0.25) is 4.98 Å². The van der Waals surface area contributed by atoms with Gasteiger partial charge in [-0.25, -0.2) is 4.98 Å². The third-order valence-corrected chi connectivity index (χ3v) is 11.3. The Bertz CT molecular complexity index is 3080. The van der Waals surface area contributed by atoms with Crippen LogP contribution in [0.1, 0.15) is 0 Å². The minimum atomic E-state index is 0.864. The molecule has 0 aliphatic heterocycles. The monoisotopic (exact) mass is 710 g/mol. The molecule has 0 saturated carbocycles. The van der Waals surface area contributed by atoms with Crippen LogP contribution in [0.2, 0.25) is 0 Å². The van der Waals surface area contributed by atoms with Gasteiger partial charge >= 0.3 is 0 Å². The van der Waals surface area contributed by atoms with Gasteiger partial charge < -0.3 is 0 Å². The van der Waals surface area contributed by atoms with E-state index in [1.807, 2.05) is 24.4 Å². The smallest absolute Gasteiger partial charge is 0.0900 e. The number of nitrogens with zero attached hydrogens (tertiary/aromatic N) is 2. The summed E-state index contributed by atoms with van der Waals surface area (Å²) in [7, 11) is 0. The Hall–Kier alpha value is -7.42. The summed E-state index contributed by atoms with van der Waals surface area (Å²) < 4.78 is 0. The van der Waals surface area contributed by atoms with Crippen LogP contribution >= 0.6 is 0 Å². The van der Waals surface area contributed by atoms with Gasteiger partial charge in [0, 0.05) is 11.6 Å². The molecule has 0 amide bonds. The minimum Gasteiger partial charge on any atom is -0.255 e. The number of pyridine rings is 2. The number of rotatable bonds is 6. The van der Waals surface area contributed by atoms with Crippen LogP contribution in [-0.4, -0.2) is 9.97 Å². The van der Waals surface area contributed by atoms with Gasteiger partial charge in [0.1, 0.15) is 0 Å². The molecular weight excluding hydrogens is 677 g/mol. The lowest BCUT2D eigenvalue weighted by atomic mass is 9.82. The number of aromatic nitrogens is 2. The van der Waals surface area contributed by atoms with E-state index in [9.17, 15) is 0 Å².